The van der Waals surface area contributed by atoms with Crippen molar-refractivity contribution < 1.29 is 13.6 Å². The van der Waals surface area contributed by atoms with Gasteiger partial charge in [0.25, 0.3) is 0 Å². The average Bonchev–Trinajstić information content (AvgIpc) is 3.02. The summed E-state index contributed by atoms with van der Waals surface area (Å²) in [6.07, 6.45) is 2.16. The Morgan fingerprint density at radius 1 is 1.29 bits per heavy atom. The Kier molecular flexibility index (Phi) is 4.17. The second-order valence-electron chi connectivity index (χ2n) is 5.83. The third-order valence-electron chi connectivity index (χ3n) is 4.52. The number of hydrogen-bond donors (Lipinski definition) is 1. The molecule has 1 heterocycles. The summed E-state index contributed by atoms with van der Waals surface area (Å²) in [4.78, 5) is 14.6. The standard InChI is InChI=1S/C15H18F2N2OS/c16-12-3-2-10(5-13(12)17)21-8-15(20)19-6-9-1-4-14(18)11(9)7-19/h2-3,5,9,11,14H,1,4,6-8,18H2. The van der Waals surface area contributed by atoms with E-state index >= 15 is 0 Å². The zero-order valence-electron chi connectivity index (χ0n) is 11.6. The third kappa shape index (κ3) is 3.06. The van der Waals surface area contributed by atoms with Gasteiger partial charge >= 0.3 is 0 Å². The number of nitrogens with zero attached hydrogens (tertiary/aromatic N) is 1. The van der Waals surface area contributed by atoms with Crippen molar-refractivity contribution >= 4 is 17.7 Å². The predicted octanol–water partition coefficient (Wildman–Crippen LogP) is 2.25. The summed E-state index contributed by atoms with van der Waals surface area (Å²) in [6.45, 7) is 1.53. The van der Waals surface area contributed by atoms with Crippen molar-refractivity contribution in [2.75, 3.05) is 18.8 Å². The maximum absolute atomic E-state index is 13.1. The number of amides is 1. The fourth-order valence-electron chi connectivity index (χ4n) is 3.31. The van der Waals surface area contributed by atoms with Crippen LogP contribution in [0.2, 0.25) is 0 Å². The molecule has 0 bridgehead atoms. The number of thioether (sulfide) groups is 1. The normalized spacial score (nSPS) is 28.0. The Morgan fingerprint density at radius 3 is 2.81 bits per heavy atom. The Morgan fingerprint density at radius 2 is 2.10 bits per heavy atom. The summed E-state index contributed by atoms with van der Waals surface area (Å²) < 4.78 is 25.9. The second-order valence-corrected chi connectivity index (χ2v) is 6.88. The molecule has 1 aliphatic carbocycles. The van der Waals surface area contributed by atoms with Gasteiger partial charge in [0.1, 0.15) is 0 Å². The molecule has 3 rings (SSSR count). The first-order valence-electron chi connectivity index (χ1n) is 7.16. The summed E-state index contributed by atoms with van der Waals surface area (Å²) in [5, 5.41) is 0. The van der Waals surface area contributed by atoms with Gasteiger partial charge in [0, 0.05) is 24.0 Å². The fourth-order valence-corrected chi connectivity index (χ4v) is 4.14. The third-order valence-corrected chi connectivity index (χ3v) is 5.50. The van der Waals surface area contributed by atoms with Crippen LogP contribution in [-0.2, 0) is 4.79 Å². The monoisotopic (exact) mass is 312 g/mol. The number of halogens is 2. The molecule has 3 atom stereocenters. The highest BCUT2D eigenvalue weighted by atomic mass is 32.2. The lowest BCUT2D eigenvalue weighted by atomic mass is 9.98. The molecule has 0 spiro atoms. The maximum atomic E-state index is 13.1. The molecule has 3 unspecified atom stereocenters. The molecule has 1 aliphatic heterocycles. The molecule has 1 aromatic carbocycles. The number of hydrogen-bond acceptors (Lipinski definition) is 3. The van der Waals surface area contributed by atoms with E-state index in [0.29, 0.717) is 16.7 Å². The summed E-state index contributed by atoms with van der Waals surface area (Å²) in [6, 6.07) is 3.92. The van der Waals surface area contributed by atoms with Gasteiger partial charge in [0.05, 0.1) is 5.75 Å². The molecule has 21 heavy (non-hydrogen) atoms. The molecule has 2 fully saturated rings. The smallest absolute Gasteiger partial charge is 0.232 e. The van der Waals surface area contributed by atoms with Gasteiger partial charge in [-0.3, -0.25) is 4.79 Å². The number of rotatable bonds is 3. The van der Waals surface area contributed by atoms with Gasteiger partial charge in [0.2, 0.25) is 5.91 Å². The molecule has 1 saturated heterocycles. The van der Waals surface area contributed by atoms with Gasteiger partial charge in [-0.25, -0.2) is 8.78 Å². The maximum Gasteiger partial charge on any atom is 0.232 e. The molecular weight excluding hydrogens is 294 g/mol. The van der Waals surface area contributed by atoms with Crippen molar-refractivity contribution in [3.05, 3.63) is 29.8 Å². The predicted molar refractivity (Wildman–Crippen MR) is 77.9 cm³/mol. The SMILES string of the molecule is NC1CCC2CN(C(=O)CSc3ccc(F)c(F)c3)CC12. The lowest BCUT2D eigenvalue weighted by Gasteiger charge is -2.18. The van der Waals surface area contributed by atoms with Gasteiger partial charge in [-0.05, 0) is 42.9 Å². The first-order valence-corrected chi connectivity index (χ1v) is 8.14. The van der Waals surface area contributed by atoms with E-state index in [4.69, 9.17) is 5.73 Å². The van der Waals surface area contributed by atoms with Crippen molar-refractivity contribution in [1.82, 2.24) is 4.90 Å². The molecule has 0 aromatic heterocycles. The number of likely N-dealkylation sites (tertiary alicyclic amines) is 1. The minimum absolute atomic E-state index is 0.0475. The molecule has 1 aromatic rings. The number of carbonyl (C=O) groups is 1. The van der Waals surface area contributed by atoms with E-state index < -0.39 is 11.6 Å². The quantitative estimate of drug-likeness (QED) is 0.871. The summed E-state index contributed by atoms with van der Waals surface area (Å²) in [5.41, 5.74) is 6.06. The van der Waals surface area contributed by atoms with Crippen LogP contribution >= 0.6 is 11.8 Å². The van der Waals surface area contributed by atoms with E-state index in [-0.39, 0.29) is 17.7 Å². The van der Waals surface area contributed by atoms with Crippen LogP contribution in [0.5, 0.6) is 0 Å². The van der Waals surface area contributed by atoms with E-state index in [1.807, 2.05) is 4.90 Å². The topological polar surface area (TPSA) is 46.3 Å². The Labute approximate surface area is 126 Å². The number of fused-ring (bicyclic) bond motifs is 1. The molecule has 2 N–H and O–H groups in total. The molecule has 3 nitrogen and oxygen atoms in total. The number of benzene rings is 1. The molecule has 1 saturated carbocycles. The molecular formula is C15H18F2N2OS. The first kappa shape index (κ1) is 14.8. The van der Waals surface area contributed by atoms with E-state index in [2.05, 4.69) is 0 Å². The number of carbonyl (C=O) groups excluding carboxylic acids is 1. The van der Waals surface area contributed by atoms with Gasteiger partial charge in [-0.1, -0.05) is 0 Å². The fraction of sp³-hybridized carbons (Fsp3) is 0.533. The molecule has 2 aliphatic rings. The van der Waals surface area contributed by atoms with Crippen molar-refractivity contribution in [3.8, 4) is 0 Å². The molecule has 114 valence electrons. The van der Waals surface area contributed by atoms with Crippen LogP contribution in [0.3, 0.4) is 0 Å². The lowest BCUT2D eigenvalue weighted by Crippen LogP contribution is -2.34. The van der Waals surface area contributed by atoms with Crippen LogP contribution < -0.4 is 5.73 Å². The van der Waals surface area contributed by atoms with E-state index in [1.54, 1.807) is 0 Å². The van der Waals surface area contributed by atoms with Gasteiger partial charge in [-0.2, -0.15) is 0 Å². The average molecular weight is 312 g/mol. The summed E-state index contributed by atoms with van der Waals surface area (Å²) >= 11 is 1.24. The van der Waals surface area contributed by atoms with E-state index in [0.717, 1.165) is 38.1 Å². The van der Waals surface area contributed by atoms with Gasteiger partial charge in [-0.15, -0.1) is 11.8 Å². The summed E-state index contributed by atoms with van der Waals surface area (Å²) in [5.74, 6) is -0.480. The first-order chi connectivity index (χ1) is 10.0. The van der Waals surface area contributed by atoms with Crippen molar-refractivity contribution in [1.29, 1.82) is 0 Å². The van der Waals surface area contributed by atoms with Crippen LogP contribution in [0.4, 0.5) is 8.78 Å². The van der Waals surface area contributed by atoms with Gasteiger partial charge < -0.3 is 10.6 Å². The lowest BCUT2D eigenvalue weighted by molar-refractivity contribution is -0.127. The Bertz CT molecular complexity index is 554. The minimum Gasteiger partial charge on any atom is -0.341 e. The van der Waals surface area contributed by atoms with Crippen molar-refractivity contribution in [2.24, 2.45) is 17.6 Å². The van der Waals surface area contributed by atoms with Crippen LogP contribution in [0.1, 0.15) is 12.8 Å². The van der Waals surface area contributed by atoms with Gasteiger partial charge in [0.15, 0.2) is 11.6 Å². The molecule has 1 amide bonds. The van der Waals surface area contributed by atoms with Crippen LogP contribution in [0.25, 0.3) is 0 Å². The molecule has 0 radical (unpaired) electrons. The second kappa shape index (κ2) is 5.93. The van der Waals surface area contributed by atoms with Crippen molar-refractivity contribution in [3.63, 3.8) is 0 Å². The zero-order chi connectivity index (χ0) is 15.0. The highest BCUT2D eigenvalue weighted by Gasteiger charge is 2.42. The van der Waals surface area contributed by atoms with Crippen LogP contribution in [-0.4, -0.2) is 35.7 Å². The summed E-state index contributed by atoms with van der Waals surface area (Å²) in [7, 11) is 0. The zero-order valence-corrected chi connectivity index (χ0v) is 12.4. The Balaban J connectivity index is 1.54. The van der Waals surface area contributed by atoms with Crippen molar-refractivity contribution in [2.45, 2.75) is 23.8 Å². The van der Waals surface area contributed by atoms with Crippen LogP contribution in [0.15, 0.2) is 23.1 Å². The van der Waals surface area contributed by atoms with E-state index in [1.165, 1.54) is 17.8 Å². The largest absolute Gasteiger partial charge is 0.341 e. The molecule has 6 heteroatoms. The van der Waals surface area contributed by atoms with Crippen LogP contribution in [0, 0.1) is 23.5 Å². The highest BCUT2D eigenvalue weighted by Crippen LogP contribution is 2.37. The highest BCUT2D eigenvalue weighted by molar-refractivity contribution is 8.00. The minimum atomic E-state index is -0.880. The van der Waals surface area contributed by atoms with E-state index in [9.17, 15) is 13.6 Å². The Hall–Kier alpha value is -1.14. The number of nitrogens with two attached hydrogens (primary N) is 1.